The molecule has 49 heavy (non-hydrogen) atoms. The van der Waals surface area contributed by atoms with Crippen molar-refractivity contribution in [3.63, 3.8) is 0 Å². The van der Waals surface area contributed by atoms with E-state index in [9.17, 15) is 0 Å². The fourth-order valence-corrected chi connectivity index (χ4v) is 7.44. The van der Waals surface area contributed by atoms with Crippen LogP contribution in [-0.2, 0) is 6.42 Å². The molecule has 0 radical (unpaired) electrons. The summed E-state index contributed by atoms with van der Waals surface area (Å²) in [5, 5.41) is 5.00. The van der Waals surface area contributed by atoms with Crippen molar-refractivity contribution >= 4 is 32.6 Å². The lowest BCUT2D eigenvalue weighted by atomic mass is 9.85. The maximum Gasteiger partial charge on any atom is 0.114 e. The molecule has 7 aromatic carbocycles. The molecule has 0 aliphatic heterocycles. The standard InChI is InChI=1S/C46H33N3/c1-2-44-48-41-16-8-10-18-43(41)49(44)42-17-9-7-11-36(42)33-21-25-35(26-22-33)46-39-14-5-3-12-37(39)45(38-13-4-6-15-40(38)46)34-23-19-31(20-24-34)32-27-29-47-30-28-32/h3-30H,2H2,1H3. The van der Waals surface area contributed by atoms with Crippen LogP contribution in [0.15, 0.2) is 170 Å². The van der Waals surface area contributed by atoms with Gasteiger partial charge in [0.15, 0.2) is 0 Å². The van der Waals surface area contributed by atoms with Gasteiger partial charge >= 0.3 is 0 Å². The maximum atomic E-state index is 4.96. The van der Waals surface area contributed by atoms with Crippen LogP contribution in [0, 0.1) is 0 Å². The van der Waals surface area contributed by atoms with Gasteiger partial charge in [-0.2, -0.15) is 0 Å². The van der Waals surface area contributed by atoms with E-state index in [1.54, 1.807) is 0 Å². The third-order valence-electron chi connectivity index (χ3n) is 9.69. The minimum Gasteiger partial charge on any atom is -0.296 e. The summed E-state index contributed by atoms with van der Waals surface area (Å²) in [5.41, 5.74) is 13.0. The number of hydrogen-bond donors (Lipinski definition) is 0. The van der Waals surface area contributed by atoms with E-state index in [1.807, 2.05) is 12.4 Å². The normalized spacial score (nSPS) is 11.4. The third-order valence-corrected chi connectivity index (χ3v) is 9.69. The lowest BCUT2D eigenvalue weighted by Crippen LogP contribution is -2.02. The number of fused-ring (bicyclic) bond motifs is 3. The second-order valence-corrected chi connectivity index (χ2v) is 12.5. The van der Waals surface area contributed by atoms with Crippen LogP contribution in [0.5, 0.6) is 0 Å². The highest BCUT2D eigenvalue weighted by atomic mass is 15.1. The molecule has 0 amide bonds. The second kappa shape index (κ2) is 12.0. The summed E-state index contributed by atoms with van der Waals surface area (Å²) in [6.07, 6.45) is 4.54. The van der Waals surface area contributed by atoms with Gasteiger partial charge in [0.2, 0.25) is 0 Å². The third kappa shape index (κ3) is 4.90. The minimum atomic E-state index is 0.854. The van der Waals surface area contributed by atoms with Gasteiger partial charge < -0.3 is 0 Å². The second-order valence-electron chi connectivity index (χ2n) is 12.5. The van der Waals surface area contributed by atoms with Gasteiger partial charge in [-0.3, -0.25) is 9.55 Å². The number of aryl methyl sites for hydroxylation is 1. The van der Waals surface area contributed by atoms with Crippen molar-refractivity contribution in [2.45, 2.75) is 13.3 Å². The zero-order chi connectivity index (χ0) is 32.7. The van der Waals surface area contributed by atoms with E-state index < -0.39 is 0 Å². The van der Waals surface area contributed by atoms with Gasteiger partial charge in [0.1, 0.15) is 5.82 Å². The summed E-state index contributed by atoms with van der Waals surface area (Å²) in [6, 6.07) is 56.9. The van der Waals surface area contributed by atoms with E-state index in [0.717, 1.165) is 29.0 Å². The van der Waals surface area contributed by atoms with E-state index in [1.165, 1.54) is 66.1 Å². The summed E-state index contributed by atoms with van der Waals surface area (Å²) < 4.78 is 2.32. The maximum absolute atomic E-state index is 4.96. The van der Waals surface area contributed by atoms with Gasteiger partial charge in [-0.1, -0.05) is 134 Å². The van der Waals surface area contributed by atoms with Crippen LogP contribution in [-0.4, -0.2) is 14.5 Å². The lowest BCUT2D eigenvalue weighted by molar-refractivity contribution is 0.909. The van der Waals surface area contributed by atoms with Crippen LogP contribution < -0.4 is 0 Å². The highest BCUT2D eigenvalue weighted by Crippen LogP contribution is 2.44. The Morgan fingerprint density at radius 3 is 1.51 bits per heavy atom. The van der Waals surface area contributed by atoms with E-state index in [0.29, 0.717) is 0 Å². The van der Waals surface area contributed by atoms with Crippen LogP contribution in [0.25, 0.3) is 82.8 Å². The van der Waals surface area contributed by atoms with E-state index in [-0.39, 0.29) is 0 Å². The topological polar surface area (TPSA) is 30.7 Å². The van der Waals surface area contributed by atoms with E-state index in [4.69, 9.17) is 4.98 Å². The Labute approximate surface area is 285 Å². The molecule has 0 aliphatic rings. The zero-order valence-electron chi connectivity index (χ0n) is 27.2. The van der Waals surface area contributed by atoms with Crippen LogP contribution in [0.1, 0.15) is 12.7 Å². The number of pyridine rings is 1. The predicted molar refractivity (Wildman–Crippen MR) is 205 cm³/mol. The Kier molecular flexibility index (Phi) is 7.09. The average Bonchev–Trinajstić information content (AvgIpc) is 3.56. The molecule has 3 nitrogen and oxygen atoms in total. The molecular weight excluding hydrogens is 595 g/mol. The van der Waals surface area contributed by atoms with Crippen LogP contribution >= 0.6 is 0 Å². The summed E-state index contributed by atoms with van der Waals surface area (Å²) in [4.78, 5) is 9.15. The van der Waals surface area contributed by atoms with Gasteiger partial charge in [-0.15, -0.1) is 0 Å². The van der Waals surface area contributed by atoms with Gasteiger partial charge in [-0.25, -0.2) is 4.98 Å². The number of aromatic nitrogens is 3. The Hall–Kier alpha value is -6.32. The van der Waals surface area contributed by atoms with Crippen molar-refractivity contribution in [2.24, 2.45) is 0 Å². The predicted octanol–water partition coefficient (Wildman–Crippen LogP) is 12.0. The Bertz CT molecular complexity index is 2560. The average molecular weight is 628 g/mol. The van der Waals surface area contributed by atoms with Crippen LogP contribution in [0.4, 0.5) is 0 Å². The molecule has 0 bridgehead atoms. The number of rotatable bonds is 6. The first kappa shape index (κ1) is 28.9. The number of para-hydroxylation sites is 3. The molecule has 3 heteroatoms. The molecule has 0 aliphatic carbocycles. The summed E-state index contributed by atoms with van der Waals surface area (Å²) >= 11 is 0. The summed E-state index contributed by atoms with van der Waals surface area (Å²) in [7, 11) is 0. The summed E-state index contributed by atoms with van der Waals surface area (Å²) in [5.74, 6) is 1.07. The number of nitrogens with zero attached hydrogens (tertiary/aromatic N) is 3. The van der Waals surface area contributed by atoms with Crippen LogP contribution in [0.2, 0.25) is 0 Å². The molecule has 0 atom stereocenters. The minimum absolute atomic E-state index is 0.854. The van der Waals surface area contributed by atoms with Crippen molar-refractivity contribution in [2.75, 3.05) is 0 Å². The molecule has 2 heterocycles. The molecule has 0 spiro atoms. The first-order valence-corrected chi connectivity index (χ1v) is 16.9. The molecule has 9 rings (SSSR count). The SMILES string of the molecule is CCc1nc2ccccc2n1-c1ccccc1-c1ccc(-c2c3ccccc3c(-c3ccc(-c4ccncc4)cc3)c3ccccc23)cc1. The number of benzene rings is 7. The first-order valence-electron chi connectivity index (χ1n) is 16.9. The Morgan fingerprint density at radius 1 is 0.449 bits per heavy atom. The molecular formula is C46H33N3. The Balaban J connectivity index is 1.18. The van der Waals surface area contributed by atoms with E-state index in [2.05, 4.69) is 174 Å². The Morgan fingerprint density at radius 2 is 0.918 bits per heavy atom. The summed E-state index contributed by atoms with van der Waals surface area (Å²) in [6.45, 7) is 2.17. The molecule has 0 saturated heterocycles. The molecule has 0 fully saturated rings. The number of hydrogen-bond acceptors (Lipinski definition) is 2. The van der Waals surface area contributed by atoms with Gasteiger partial charge in [0.25, 0.3) is 0 Å². The number of imidazole rings is 1. The van der Waals surface area contributed by atoms with Crippen molar-refractivity contribution in [3.8, 4) is 50.2 Å². The molecule has 0 unspecified atom stereocenters. The van der Waals surface area contributed by atoms with E-state index >= 15 is 0 Å². The quantitative estimate of drug-likeness (QED) is 0.172. The monoisotopic (exact) mass is 627 g/mol. The van der Waals surface area contributed by atoms with Gasteiger partial charge in [-0.05, 0) is 90.8 Å². The molecule has 9 aromatic rings. The lowest BCUT2D eigenvalue weighted by Gasteiger charge is -2.18. The molecule has 232 valence electrons. The fourth-order valence-electron chi connectivity index (χ4n) is 7.44. The van der Waals surface area contributed by atoms with Crippen molar-refractivity contribution < 1.29 is 0 Å². The van der Waals surface area contributed by atoms with Crippen molar-refractivity contribution in [1.29, 1.82) is 0 Å². The largest absolute Gasteiger partial charge is 0.296 e. The smallest absolute Gasteiger partial charge is 0.114 e. The van der Waals surface area contributed by atoms with Crippen LogP contribution in [0.3, 0.4) is 0 Å². The highest BCUT2D eigenvalue weighted by Gasteiger charge is 2.18. The van der Waals surface area contributed by atoms with Crippen molar-refractivity contribution in [3.05, 3.63) is 176 Å². The van der Waals surface area contributed by atoms with Gasteiger partial charge in [0, 0.05) is 24.4 Å². The fraction of sp³-hybridized carbons (Fsp3) is 0.0435. The van der Waals surface area contributed by atoms with Crippen molar-refractivity contribution in [1.82, 2.24) is 14.5 Å². The first-order chi connectivity index (χ1) is 24.3. The molecule has 2 aromatic heterocycles. The highest BCUT2D eigenvalue weighted by molar-refractivity contribution is 6.21. The molecule has 0 saturated carbocycles. The molecule has 0 N–H and O–H groups in total. The zero-order valence-corrected chi connectivity index (χ0v) is 27.2. The van der Waals surface area contributed by atoms with Gasteiger partial charge in [0.05, 0.1) is 16.7 Å².